The topological polar surface area (TPSA) is 89.0 Å². The van der Waals surface area contributed by atoms with Crippen LogP contribution in [0, 0.1) is 0 Å². The van der Waals surface area contributed by atoms with Crippen molar-refractivity contribution in [2.75, 3.05) is 5.32 Å². The van der Waals surface area contributed by atoms with Crippen LogP contribution in [0.3, 0.4) is 0 Å². The number of rotatable bonds is 5. The molecule has 3 rings (SSSR count). The van der Waals surface area contributed by atoms with Crippen LogP contribution in [0.15, 0.2) is 54.7 Å². The molecular weight excluding hydrogens is 338 g/mol. The van der Waals surface area contributed by atoms with Gasteiger partial charge < -0.3 is 5.32 Å². The number of para-hydroxylation sites is 2. The van der Waals surface area contributed by atoms with Crippen LogP contribution in [0.5, 0.6) is 0 Å². The minimum atomic E-state index is -3.38. The fourth-order valence-corrected chi connectivity index (χ4v) is 3.87. The molecule has 3 aromatic rings. The van der Waals surface area contributed by atoms with Crippen LogP contribution in [0.4, 0.5) is 5.69 Å². The van der Waals surface area contributed by atoms with Crippen LogP contribution in [-0.2, 0) is 26.1 Å². The molecule has 1 N–H and O–H groups in total. The summed E-state index contributed by atoms with van der Waals surface area (Å²) in [6.45, 7) is 1.42. The maximum absolute atomic E-state index is 12.4. The van der Waals surface area contributed by atoms with Crippen molar-refractivity contribution in [1.29, 1.82) is 0 Å². The van der Waals surface area contributed by atoms with E-state index in [-0.39, 0.29) is 17.4 Å². The van der Waals surface area contributed by atoms with Gasteiger partial charge in [-0.1, -0.05) is 24.3 Å². The Morgan fingerprint density at radius 3 is 2.36 bits per heavy atom. The van der Waals surface area contributed by atoms with Crippen molar-refractivity contribution in [3.05, 3.63) is 66.0 Å². The van der Waals surface area contributed by atoms with Gasteiger partial charge in [0.25, 0.3) is 0 Å². The van der Waals surface area contributed by atoms with Crippen molar-refractivity contribution >= 4 is 32.5 Å². The number of amides is 1. The zero-order valence-corrected chi connectivity index (χ0v) is 14.5. The lowest BCUT2D eigenvalue weighted by Gasteiger charge is -2.07. The highest BCUT2D eigenvalue weighted by molar-refractivity contribution is 7.89. The predicted octanol–water partition coefficient (Wildman–Crippen LogP) is 2.70. The lowest BCUT2D eigenvalue weighted by molar-refractivity contribution is -0.114. The monoisotopic (exact) mass is 355 g/mol. The number of sulfone groups is 1. The maximum Gasteiger partial charge on any atom is 0.221 e. The van der Waals surface area contributed by atoms with E-state index in [1.807, 2.05) is 18.2 Å². The Hall–Kier alpha value is -2.80. The second-order valence-corrected chi connectivity index (χ2v) is 7.82. The molecule has 7 heteroatoms. The molecule has 0 atom stereocenters. The molecule has 25 heavy (non-hydrogen) atoms. The second kappa shape index (κ2) is 6.98. The Kier molecular flexibility index (Phi) is 4.76. The van der Waals surface area contributed by atoms with E-state index >= 15 is 0 Å². The maximum atomic E-state index is 12.4. The van der Waals surface area contributed by atoms with E-state index < -0.39 is 9.84 Å². The average molecular weight is 355 g/mol. The smallest absolute Gasteiger partial charge is 0.221 e. The van der Waals surface area contributed by atoms with Crippen LogP contribution in [0.2, 0.25) is 0 Å². The second-order valence-electron chi connectivity index (χ2n) is 5.76. The molecule has 0 bridgehead atoms. The third-order valence-corrected chi connectivity index (χ3v) is 5.04. The third-order valence-electron chi connectivity index (χ3n) is 3.53. The fourth-order valence-electron chi connectivity index (χ4n) is 2.48. The molecule has 6 nitrogen and oxygen atoms in total. The highest BCUT2D eigenvalue weighted by Gasteiger charge is 2.15. The lowest BCUT2D eigenvalue weighted by atomic mass is 10.2. The number of hydrogen-bond donors (Lipinski definition) is 1. The van der Waals surface area contributed by atoms with E-state index in [1.165, 1.54) is 13.1 Å². The molecule has 0 fully saturated rings. The third kappa shape index (κ3) is 4.60. The van der Waals surface area contributed by atoms with Crippen molar-refractivity contribution < 1.29 is 13.2 Å². The molecule has 0 radical (unpaired) electrons. The number of anilines is 1. The summed E-state index contributed by atoms with van der Waals surface area (Å²) in [7, 11) is -3.38. The van der Waals surface area contributed by atoms with Gasteiger partial charge in [0, 0.05) is 12.6 Å². The van der Waals surface area contributed by atoms with Crippen LogP contribution >= 0.6 is 0 Å². The van der Waals surface area contributed by atoms with Crippen molar-refractivity contribution in [2.24, 2.45) is 0 Å². The number of aromatic nitrogens is 2. The number of nitrogens with zero attached hydrogens (tertiary/aromatic N) is 2. The van der Waals surface area contributed by atoms with E-state index in [1.54, 1.807) is 30.3 Å². The molecule has 0 saturated carbocycles. The Labute approximate surface area is 145 Å². The Bertz CT molecular complexity index is 1020. The summed E-state index contributed by atoms with van der Waals surface area (Å²) in [6.07, 6.45) is 1.50. The van der Waals surface area contributed by atoms with Crippen molar-refractivity contribution in [3.63, 3.8) is 0 Å². The van der Waals surface area contributed by atoms with E-state index in [4.69, 9.17) is 0 Å². The minimum Gasteiger partial charge on any atom is -0.326 e. The van der Waals surface area contributed by atoms with E-state index in [9.17, 15) is 13.2 Å². The largest absolute Gasteiger partial charge is 0.326 e. The van der Waals surface area contributed by atoms with Gasteiger partial charge >= 0.3 is 0 Å². The first-order valence-corrected chi connectivity index (χ1v) is 9.51. The van der Waals surface area contributed by atoms with Crippen LogP contribution in [0.1, 0.15) is 18.2 Å². The Morgan fingerprint density at radius 1 is 1.00 bits per heavy atom. The zero-order valence-electron chi connectivity index (χ0n) is 13.6. The summed E-state index contributed by atoms with van der Waals surface area (Å²) < 4.78 is 24.9. The number of carbonyl (C=O) groups excluding carboxylic acids is 1. The highest BCUT2D eigenvalue weighted by Crippen LogP contribution is 2.16. The number of benzene rings is 2. The summed E-state index contributed by atoms with van der Waals surface area (Å²) in [5.74, 6) is -0.435. The Morgan fingerprint density at radius 2 is 1.68 bits per heavy atom. The summed E-state index contributed by atoms with van der Waals surface area (Å²) in [5, 5.41) is 2.65. The summed E-state index contributed by atoms with van der Waals surface area (Å²) >= 11 is 0. The highest BCUT2D eigenvalue weighted by atomic mass is 32.2. The van der Waals surface area contributed by atoms with Crippen LogP contribution < -0.4 is 5.32 Å². The zero-order chi connectivity index (χ0) is 17.9. The van der Waals surface area contributed by atoms with Crippen molar-refractivity contribution in [1.82, 2.24) is 9.97 Å². The van der Waals surface area contributed by atoms with Gasteiger partial charge in [0.1, 0.15) is 0 Å². The molecule has 0 aliphatic carbocycles. The molecule has 0 spiro atoms. The molecule has 1 aromatic heterocycles. The van der Waals surface area contributed by atoms with Gasteiger partial charge in [-0.2, -0.15) is 0 Å². The number of hydrogen-bond acceptors (Lipinski definition) is 5. The van der Waals surface area contributed by atoms with Gasteiger partial charge in [-0.05, 0) is 29.8 Å². The Balaban J connectivity index is 1.73. The van der Waals surface area contributed by atoms with E-state index in [0.29, 0.717) is 22.5 Å². The summed E-state index contributed by atoms with van der Waals surface area (Å²) in [6, 6.07) is 14.1. The van der Waals surface area contributed by atoms with E-state index in [0.717, 1.165) is 5.52 Å². The average Bonchev–Trinajstić information content (AvgIpc) is 2.55. The van der Waals surface area contributed by atoms with Gasteiger partial charge in [-0.25, -0.2) is 13.4 Å². The number of carbonyl (C=O) groups is 1. The molecule has 1 amide bonds. The molecule has 0 aliphatic heterocycles. The molecule has 128 valence electrons. The van der Waals surface area contributed by atoms with Gasteiger partial charge in [-0.15, -0.1) is 0 Å². The fraction of sp³-hybridized carbons (Fsp3) is 0.167. The molecule has 2 aromatic carbocycles. The van der Waals surface area contributed by atoms with Gasteiger partial charge in [0.05, 0.1) is 34.4 Å². The van der Waals surface area contributed by atoms with Gasteiger partial charge in [0.2, 0.25) is 5.91 Å². The molecule has 1 heterocycles. The lowest BCUT2D eigenvalue weighted by Crippen LogP contribution is -2.10. The quantitative estimate of drug-likeness (QED) is 0.760. The van der Waals surface area contributed by atoms with Crippen LogP contribution in [-0.4, -0.2) is 24.3 Å². The van der Waals surface area contributed by atoms with Gasteiger partial charge in [-0.3, -0.25) is 9.78 Å². The summed E-state index contributed by atoms with van der Waals surface area (Å²) in [5.41, 5.74) is 3.12. The first-order valence-electron chi connectivity index (χ1n) is 7.69. The van der Waals surface area contributed by atoms with E-state index in [2.05, 4.69) is 15.3 Å². The molecular formula is C18H17N3O3S. The van der Waals surface area contributed by atoms with Gasteiger partial charge in [0.15, 0.2) is 9.84 Å². The van der Waals surface area contributed by atoms with Crippen molar-refractivity contribution in [2.45, 2.75) is 18.4 Å². The first kappa shape index (κ1) is 17.0. The minimum absolute atomic E-state index is 0.0954. The standard InChI is InChI=1S/C18H17N3O3S/c1-13(22)20-15-8-6-14(7-9-15)11-25(23,24)12-16-10-19-17-4-2-3-5-18(17)21-16/h2-10H,11-12H2,1H3,(H,20,22). The molecule has 0 saturated heterocycles. The normalized spacial score (nSPS) is 11.4. The predicted molar refractivity (Wildman–Crippen MR) is 96.6 cm³/mol. The molecule has 0 aliphatic rings. The van der Waals surface area contributed by atoms with Crippen molar-refractivity contribution in [3.8, 4) is 0 Å². The SMILES string of the molecule is CC(=O)Nc1ccc(CS(=O)(=O)Cc2cnc3ccccc3n2)cc1. The molecule has 0 unspecified atom stereocenters. The first-order chi connectivity index (χ1) is 11.9. The number of nitrogens with one attached hydrogen (secondary N) is 1. The summed E-state index contributed by atoms with van der Waals surface area (Å²) in [4.78, 5) is 19.6. The number of fused-ring (bicyclic) bond motifs is 1. The van der Waals surface area contributed by atoms with Crippen LogP contribution in [0.25, 0.3) is 11.0 Å².